The summed E-state index contributed by atoms with van der Waals surface area (Å²) >= 11 is 1.07. The number of hydrogen-bond acceptors (Lipinski definition) is 7. The van der Waals surface area contributed by atoms with E-state index in [1.54, 1.807) is 13.0 Å². The minimum atomic E-state index is -0.524. The smallest absolute Gasteiger partial charge is 0.293 e. The summed E-state index contributed by atoms with van der Waals surface area (Å²) in [7, 11) is 0. The molecule has 9 heteroatoms. The highest BCUT2D eigenvalue weighted by atomic mass is 32.2. The van der Waals surface area contributed by atoms with Crippen LogP contribution >= 0.6 is 11.8 Å². The van der Waals surface area contributed by atoms with Gasteiger partial charge in [-0.25, -0.2) is 0 Å². The second-order valence-corrected chi connectivity index (χ2v) is 6.67. The van der Waals surface area contributed by atoms with Crippen molar-refractivity contribution < 1.29 is 14.1 Å². The summed E-state index contributed by atoms with van der Waals surface area (Å²) < 4.78 is 5.52. The van der Waals surface area contributed by atoms with Crippen molar-refractivity contribution in [3.8, 4) is 0 Å². The molecule has 8 nitrogen and oxygen atoms in total. The van der Waals surface area contributed by atoms with E-state index in [1.165, 1.54) is 12.1 Å². The lowest BCUT2D eigenvalue weighted by molar-refractivity contribution is -0.384. The SMILES string of the molecule is Cc1ccc(NC(=O)CSc2nnc(Cc3ccccc3)o2)c([N+](=O)[O-])c1. The fourth-order valence-corrected chi connectivity index (χ4v) is 2.93. The molecular formula is C18H16N4O4S. The maximum atomic E-state index is 12.1. The highest BCUT2D eigenvalue weighted by Crippen LogP contribution is 2.26. The Morgan fingerprint density at radius 1 is 1.22 bits per heavy atom. The number of benzene rings is 2. The van der Waals surface area contributed by atoms with Gasteiger partial charge in [-0.2, -0.15) is 0 Å². The van der Waals surface area contributed by atoms with Crippen LogP contribution in [0, 0.1) is 17.0 Å². The quantitative estimate of drug-likeness (QED) is 0.376. The first kappa shape index (κ1) is 18.6. The maximum Gasteiger partial charge on any atom is 0.293 e. The van der Waals surface area contributed by atoms with Crippen LogP contribution in [0.25, 0.3) is 0 Å². The summed E-state index contributed by atoms with van der Waals surface area (Å²) in [5.41, 5.74) is 1.80. The summed E-state index contributed by atoms with van der Waals surface area (Å²) in [4.78, 5) is 22.7. The van der Waals surface area contributed by atoms with Crippen LogP contribution in [-0.4, -0.2) is 26.8 Å². The monoisotopic (exact) mass is 384 g/mol. The van der Waals surface area contributed by atoms with Gasteiger partial charge in [0.2, 0.25) is 11.8 Å². The van der Waals surface area contributed by atoms with Gasteiger partial charge in [-0.05, 0) is 24.1 Å². The molecule has 3 rings (SSSR count). The number of nitrogens with zero attached hydrogens (tertiary/aromatic N) is 3. The second kappa shape index (κ2) is 8.45. The number of anilines is 1. The van der Waals surface area contributed by atoms with Gasteiger partial charge in [0.15, 0.2) is 0 Å². The number of thioether (sulfide) groups is 1. The van der Waals surface area contributed by atoms with E-state index in [9.17, 15) is 14.9 Å². The Labute approximate surface area is 159 Å². The molecule has 0 bridgehead atoms. The summed E-state index contributed by atoms with van der Waals surface area (Å²) in [6, 6.07) is 14.3. The number of nitro groups is 1. The number of carbonyl (C=O) groups excluding carboxylic acids is 1. The number of nitrogens with one attached hydrogen (secondary N) is 1. The zero-order chi connectivity index (χ0) is 19.2. The van der Waals surface area contributed by atoms with Gasteiger partial charge in [0.25, 0.3) is 10.9 Å². The van der Waals surface area contributed by atoms with Crippen molar-refractivity contribution in [1.29, 1.82) is 0 Å². The van der Waals surface area contributed by atoms with E-state index in [1.807, 2.05) is 30.3 Å². The summed E-state index contributed by atoms with van der Waals surface area (Å²) in [6.45, 7) is 1.75. The van der Waals surface area contributed by atoms with E-state index < -0.39 is 10.8 Å². The number of carbonyl (C=O) groups is 1. The Hall–Kier alpha value is -3.20. The van der Waals surface area contributed by atoms with Gasteiger partial charge >= 0.3 is 0 Å². The molecule has 0 saturated heterocycles. The highest BCUT2D eigenvalue weighted by Gasteiger charge is 2.17. The molecule has 0 saturated carbocycles. The Bertz CT molecular complexity index is 959. The van der Waals surface area contributed by atoms with Crippen molar-refractivity contribution in [2.45, 2.75) is 18.6 Å². The third-order valence-electron chi connectivity index (χ3n) is 3.60. The molecule has 0 unspecified atom stereocenters. The minimum absolute atomic E-state index is 0.00198. The van der Waals surface area contributed by atoms with Gasteiger partial charge in [0.1, 0.15) is 5.69 Å². The molecule has 1 heterocycles. The van der Waals surface area contributed by atoms with Gasteiger partial charge in [-0.15, -0.1) is 10.2 Å². The van der Waals surface area contributed by atoms with E-state index in [4.69, 9.17) is 4.42 Å². The Balaban J connectivity index is 1.56. The van der Waals surface area contributed by atoms with E-state index in [0.29, 0.717) is 12.3 Å². The molecule has 0 fully saturated rings. The first-order chi connectivity index (χ1) is 13.0. The van der Waals surface area contributed by atoms with E-state index in [-0.39, 0.29) is 22.4 Å². The Kier molecular flexibility index (Phi) is 5.82. The van der Waals surface area contributed by atoms with Crippen molar-refractivity contribution in [3.05, 3.63) is 75.7 Å². The molecule has 1 aromatic heterocycles. The zero-order valence-electron chi connectivity index (χ0n) is 14.4. The second-order valence-electron chi connectivity index (χ2n) is 5.74. The summed E-state index contributed by atoms with van der Waals surface area (Å²) in [5, 5.41) is 21.8. The van der Waals surface area contributed by atoms with E-state index in [0.717, 1.165) is 22.9 Å². The molecule has 0 spiro atoms. The predicted octanol–water partition coefficient (Wildman–Crippen LogP) is 3.61. The first-order valence-electron chi connectivity index (χ1n) is 8.05. The molecular weight excluding hydrogens is 368 g/mol. The Morgan fingerprint density at radius 3 is 2.74 bits per heavy atom. The van der Waals surface area contributed by atoms with Crippen LogP contribution in [0.15, 0.2) is 58.2 Å². The zero-order valence-corrected chi connectivity index (χ0v) is 15.2. The number of nitro benzene ring substituents is 1. The molecule has 0 aliphatic carbocycles. The van der Waals surface area contributed by atoms with Crippen LogP contribution in [0.4, 0.5) is 11.4 Å². The third-order valence-corrected chi connectivity index (χ3v) is 4.42. The third kappa shape index (κ3) is 5.14. The van der Waals surface area contributed by atoms with Crippen LogP contribution in [-0.2, 0) is 11.2 Å². The number of hydrogen-bond donors (Lipinski definition) is 1. The lowest BCUT2D eigenvalue weighted by Gasteiger charge is -2.05. The molecule has 0 atom stereocenters. The summed E-state index contributed by atoms with van der Waals surface area (Å²) in [6.07, 6.45) is 0.510. The molecule has 0 aliphatic heterocycles. The minimum Gasteiger partial charge on any atom is -0.416 e. The molecule has 27 heavy (non-hydrogen) atoms. The lowest BCUT2D eigenvalue weighted by Crippen LogP contribution is -2.15. The molecule has 2 aromatic carbocycles. The van der Waals surface area contributed by atoms with Crippen LogP contribution in [0.5, 0.6) is 0 Å². The maximum absolute atomic E-state index is 12.1. The average molecular weight is 384 g/mol. The van der Waals surface area contributed by atoms with Gasteiger partial charge < -0.3 is 9.73 Å². The number of aromatic nitrogens is 2. The van der Waals surface area contributed by atoms with Crippen molar-refractivity contribution in [1.82, 2.24) is 10.2 Å². The van der Waals surface area contributed by atoms with Gasteiger partial charge in [-0.3, -0.25) is 14.9 Å². The normalized spacial score (nSPS) is 10.6. The van der Waals surface area contributed by atoms with Gasteiger partial charge in [0.05, 0.1) is 17.1 Å². The number of aryl methyl sites for hydroxylation is 1. The number of rotatable bonds is 7. The van der Waals surface area contributed by atoms with Gasteiger partial charge in [0, 0.05) is 6.07 Å². The highest BCUT2D eigenvalue weighted by molar-refractivity contribution is 7.99. The predicted molar refractivity (Wildman–Crippen MR) is 101 cm³/mol. The fraction of sp³-hybridized carbons (Fsp3) is 0.167. The van der Waals surface area contributed by atoms with Gasteiger partial charge in [-0.1, -0.05) is 48.2 Å². The van der Waals surface area contributed by atoms with Crippen LogP contribution in [0.2, 0.25) is 0 Å². The van der Waals surface area contributed by atoms with Crippen molar-refractivity contribution in [3.63, 3.8) is 0 Å². The van der Waals surface area contributed by atoms with Crippen LogP contribution in [0.3, 0.4) is 0 Å². The van der Waals surface area contributed by atoms with Crippen molar-refractivity contribution in [2.24, 2.45) is 0 Å². The fourth-order valence-electron chi connectivity index (χ4n) is 2.35. The topological polar surface area (TPSA) is 111 Å². The molecule has 1 amide bonds. The average Bonchev–Trinajstić information content (AvgIpc) is 3.09. The van der Waals surface area contributed by atoms with E-state index in [2.05, 4.69) is 15.5 Å². The Morgan fingerprint density at radius 2 is 2.00 bits per heavy atom. The summed E-state index contributed by atoms with van der Waals surface area (Å²) in [5.74, 6) is 0.0610. The molecule has 3 aromatic rings. The molecule has 0 radical (unpaired) electrons. The van der Waals surface area contributed by atoms with Crippen LogP contribution < -0.4 is 5.32 Å². The van der Waals surface area contributed by atoms with Crippen molar-refractivity contribution >= 4 is 29.0 Å². The van der Waals surface area contributed by atoms with Crippen LogP contribution in [0.1, 0.15) is 17.0 Å². The van der Waals surface area contributed by atoms with Crippen molar-refractivity contribution in [2.75, 3.05) is 11.1 Å². The first-order valence-corrected chi connectivity index (χ1v) is 9.04. The lowest BCUT2D eigenvalue weighted by atomic mass is 10.2. The van der Waals surface area contributed by atoms with E-state index >= 15 is 0 Å². The molecule has 1 N–H and O–H groups in total. The standard InChI is InChI=1S/C18H16N4O4S/c1-12-7-8-14(15(9-12)22(24)25)19-16(23)11-27-18-21-20-17(26-18)10-13-5-3-2-4-6-13/h2-9H,10-11H2,1H3,(H,19,23). The molecule has 138 valence electrons. The number of amides is 1. The largest absolute Gasteiger partial charge is 0.416 e. The molecule has 0 aliphatic rings.